The van der Waals surface area contributed by atoms with Crippen LogP contribution in [0.5, 0.6) is 0 Å². The molecule has 0 radical (unpaired) electrons. The van der Waals surface area contributed by atoms with Crippen molar-refractivity contribution in [3.8, 4) is 11.3 Å². The Kier molecular flexibility index (Phi) is 3.50. The second kappa shape index (κ2) is 5.66. The van der Waals surface area contributed by atoms with Crippen LogP contribution in [-0.4, -0.2) is 11.1 Å². The van der Waals surface area contributed by atoms with Crippen molar-refractivity contribution >= 4 is 23.1 Å². The van der Waals surface area contributed by atoms with Gasteiger partial charge in [0.25, 0.3) is 0 Å². The summed E-state index contributed by atoms with van der Waals surface area (Å²) in [5.74, 6) is 0.813. The maximum Gasteiger partial charge on any atom is 0.231 e. The fourth-order valence-electron chi connectivity index (χ4n) is 2.71. The Morgan fingerprint density at radius 1 is 1.30 bits per heavy atom. The summed E-state index contributed by atoms with van der Waals surface area (Å²) in [6.07, 6.45) is 0.908. The minimum absolute atomic E-state index is 0.00926. The van der Waals surface area contributed by atoms with Crippen LogP contribution in [0.4, 0.5) is 5.88 Å². The molecule has 4 nitrogen and oxygen atoms in total. The molecule has 1 aliphatic carbocycles. The SMILES string of the molecule is Cc1ccc(-c2cc(NC(=O)C3CC3c3cccs3)on2)cc1. The molecule has 116 valence electrons. The minimum atomic E-state index is 0.00926. The number of hydrogen-bond acceptors (Lipinski definition) is 4. The van der Waals surface area contributed by atoms with E-state index in [-0.39, 0.29) is 11.8 Å². The van der Waals surface area contributed by atoms with Crippen LogP contribution in [0.3, 0.4) is 0 Å². The van der Waals surface area contributed by atoms with E-state index in [2.05, 4.69) is 16.5 Å². The number of benzene rings is 1. The van der Waals surface area contributed by atoms with E-state index in [1.54, 1.807) is 17.4 Å². The van der Waals surface area contributed by atoms with E-state index in [0.29, 0.717) is 11.8 Å². The second-order valence-electron chi connectivity index (χ2n) is 5.90. The smallest absolute Gasteiger partial charge is 0.231 e. The average molecular weight is 324 g/mol. The molecule has 0 spiro atoms. The third-order valence-corrected chi connectivity index (χ3v) is 5.14. The summed E-state index contributed by atoms with van der Waals surface area (Å²) in [5, 5.41) is 8.91. The van der Waals surface area contributed by atoms with Crippen molar-refractivity contribution in [3.05, 3.63) is 58.3 Å². The molecule has 5 heteroatoms. The van der Waals surface area contributed by atoms with E-state index in [4.69, 9.17) is 4.52 Å². The van der Waals surface area contributed by atoms with Crippen molar-refractivity contribution in [1.82, 2.24) is 5.16 Å². The maximum atomic E-state index is 12.3. The zero-order chi connectivity index (χ0) is 15.8. The van der Waals surface area contributed by atoms with Gasteiger partial charge in [-0.1, -0.05) is 41.1 Å². The third-order valence-electron chi connectivity index (χ3n) is 4.14. The normalized spacial score (nSPS) is 19.5. The molecule has 3 aromatic rings. The van der Waals surface area contributed by atoms with Gasteiger partial charge in [-0.25, -0.2) is 0 Å². The molecular weight excluding hydrogens is 308 g/mol. The summed E-state index contributed by atoms with van der Waals surface area (Å²) in [6.45, 7) is 2.04. The van der Waals surface area contributed by atoms with E-state index in [1.165, 1.54) is 10.4 Å². The highest BCUT2D eigenvalue weighted by molar-refractivity contribution is 7.10. The Morgan fingerprint density at radius 3 is 2.87 bits per heavy atom. The Hall–Kier alpha value is -2.40. The molecule has 2 unspecified atom stereocenters. The number of anilines is 1. The van der Waals surface area contributed by atoms with E-state index in [0.717, 1.165) is 17.7 Å². The van der Waals surface area contributed by atoms with Crippen LogP contribution in [0.1, 0.15) is 22.8 Å². The number of aromatic nitrogens is 1. The lowest BCUT2D eigenvalue weighted by Crippen LogP contribution is -2.13. The largest absolute Gasteiger partial charge is 0.338 e. The predicted molar refractivity (Wildman–Crippen MR) is 90.5 cm³/mol. The summed E-state index contributed by atoms with van der Waals surface area (Å²) in [7, 11) is 0. The summed E-state index contributed by atoms with van der Waals surface area (Å²) in [6, 6.07) is 13.9. The molecule has 1 N–H and O–H groups in total. The fraction of sp³-hybridized carbons (Fsp3) is 0.222. The van der Waals surface area contributed by atoms with Crippen LogP contribution in [0.15, 0.2) is 52.4 Å². The van der Waals surface area contributed by atoms with Crippen LogP contribution in [0.2, 0.25) is 0 Å². The zero-order valence-corrected chi connectivity index (χ0v) is 13.5. The standard InChI is InChI=1S/C18H16N2O2S/c1-11-4-6-12(7-5-11)15-10-17(22-20-15)19-18(21)14-9-13(14)16-3-2-8-23-16/h2-8,10,13-14H,9H2,1H3,(H,19,21). The molecule has 2 heterocycles. The lowest BCUT2D eigenvalue weighted by Gasteiger charge is -1.99. The quantitative estimate of drug-likeness (QED) is 0.771. The van der Waals surface area contributed by atoms with Gasteiger partial charge in [0, 0.05) is 28.3 Å². The number of carbonyl (C=O) groups excluding carboxylic acids is 1. The zero-order valence-electron chi connectivity index (χ0n) is 12.7. The molecule has 0 bridgehead atoms. The van der Waals surface area contributed by atoms with Crippen molar-refractivity contribution in [2.45, 2.75) is 19.3 Å². The van der Waals surface area contributed by atoms with Crippen molar-refractivity contribution < 1.29 is 9.32 Å². The van der Waals surface area contributed by atoms with Crippen molar-refractivity contribution in [2.75, 3.05) is 5.32 Å². The number of carbonyl (C=O) groups is 1. The first-order valence-corrected chi connectivity index (χ1v) is 8.47. The van der Waals surface area contributed by atoms with Gasteiger partial charge in [0.15, 0.2) is 0 Å². The van der Waals surface area contributed by atoms with E-state index < -0.39 is 0 Å². The Morgan fingerprint density at radius 2 is 2.13 bits per heavy atom. The molecule has 1 aliphatic rings. The predicted octanol–water partition coefficient (Wildman–Crippen LogP) is 4.45. The number of aryl methyl sites for hydroxylation is 1. The van der Waals surface area contributed by atoms with Gasteiger partial charge in [-0.2, -0.15) is 0 Å². The molecule has 1 aromatic carbocycles. The highest BCUT2D eigenvalue weighted by Crippen LogP contribution is 2.49. The molecule has 1 saturated carbocycles. The number of nitrogens with one attached hydrogen (secondary N) is 1. The van der Waals surface area contributed by atoms with Crippen molar-refractivity contribution in [2.24, 2.45) is 5.92 Å². The third kappa shape index (κ3) is 2.92. The lowest BCUT2D eigenvalue weighted by molar-refractivity contribution is -0.117. The molecular formula is C18H16N2O2S. The van der Waals surface area contributed by atoms with Crippen LogP contribution in [-0.2, 0) is 4.79 Å². The summed E-state index contributed by atoms with van der Waals surface area (Å²) in [4.78, 5) is 13.6. The molecule has 1 fully saturated rings. The van der Waals surface area contributed by atoms with Gasteiger partial charge in [-0.15, -0.1) is 11.3 Å². The van der Waals surface area contributed by atoms with Crippen LogP contribution in [0.25, 0.3) is 11.3 Å². The van der Waals surface area contributed by atoms with E-state index in [1.807, 2.05) is 42.6 Å². The highest BCUT2D eigenvalue weighted by Gasteiger charge is 2.44. The van der Waals surface area contributed by atoms with Gasteiger partial charge < -0.3 is 4.52 Å². The number of thiophene rings is 1. The van der Waals surface area contributed by atoms with E-state index in [9.17, 15) is 4.79 Å². The summed E-state index contributed by atoms with van der Waals surface area (Å²) >= 11 is 1.71. The average Bonchev–Trinajstić information content (AvgIpc) is 2.97. The number of nitrogens with zero attached hydrogens (tertiary/aromatic N) is 1. The minimum Gasteiger partial charge on any atom is -0.338 e. The first-order chi connectivity index (χ1) is 11.2. The number of hydrogen-bond donors (Lipinski definition) is 1. The number of amides is 1. The van der Waals surface area contributed by atoms with Crippen molar-refractivity contribution in [3.63, 3.8) is 0 Å². The van der Waals surface area contributed by atoms with Crippen LogP contribution < -0.4 is 5.32 Å². The van der Waals surface area contributed by atoms with Gasteiger partial charge in [0.1, 0.15) is 5.69 Å². The van der Waals surface area contributed by atoms with Gasteiger partial charge >= 0.3 is 0 Å². The van der Waals surface area contributed by atoms with E-state index >= 15 is 0 Å². The molecule has 23 heavy (non-hydrogen) atoms. The summed E-state index contributed by atoms with van der Waals surface area (Å²) in [5.41, 5.74) is 2.90. The molecule has 1 amide bonds. The van der Waals surface area contributed by atoms with Gasteiger partial charge in [-0.3, -0.25) is 10.1 Å². The van der Waals surface area contributed by atoms with Gasteiger partial charge in [0.2, 0.25) is 11.8 Å². The van der Waals surface area contributed by atoms with Crippen molar-refractivity contribution in [1.29, 1.82) is 0 Å². The second-order valence-corrected chi connectivity index (χ2v) is 6.88. The van der Waals surface area contributed by atoms with Gasteiger partial charge in [-0.05, 0) is 24.8 Å². The number of rotatable bonds is 4. The Balaban J connectivity index is 1.42. The molecule has 2 atom stereocenters. The summed E-state index contributed by atoms with van der Waals surface area (Å²) < 4.78 is 5.24. The topological polar surface area (TPSA) is 55.1 Å². The highest BCUT2D eigenvalue weighted by atomic mass is 32.1. The Labute approximate surface area is 138 Å². The molecule has 4 rings (SSSR count). The maximum absolute atomic E-state index is 12.3. The van der Waals surface area contributed by atoms with Crippen LogP contribution >= 0.6 is 11.3 Å². The molecule has 0 aliphatic heterocycles. The first-order valence-electron chi connectivity index (χ1n) is 7.59. The first kappa shape index (κ1) is 14.2. The fourth-order valence-corrected chi connectivity index (χ4v) is 3.62. The molecule has 0 saturated heterocycles. The lowest BCUT2D eigenvalue weighted by atomic mass is 10.1. The van der Waals surface area contributed by atoms with Gasteiger partial charge in [0.05, 0.1) is 0 Å². The van der Waals surface area contributed by atoms with Crippen LogP contribution in [0, 0.1) is 12.8 Å². The monoisotopic (exact) mass is 324 g/mol. The molecule has 2 aromatic heterocycles. The Bertz CT molecular complexity index is 821.